The summed E-state index contributed by atoms with van der Waals surface area (Å²) in [6, 6.07) is 19.7. The predicted octanol–water partition coefficient (Wildman–Crippen LogP) is 4.80. The molecule has 0 aliphatic carbocycles. The van der Waals surface area contributed by atoms with Crippen LogP contribution in [0.2, 0.25) is 0 Å². The van der Waals surface area contributed by atoms with Crippen LogP contribution in [0.4, 0.5) is 13.2 Å². The fraction of sp³-hybridized carbons (Fsp3) is 0.185. The molecule has 0 fully saturated rings. The number of alkyl halides is 3. The SMILES string of the molecule is COc1ccc2c(c1)C(c1ccccc1)=C(C(=O)NC(=O)Cc1ccccc1C(F)(F)F)N(C)C2. The molecular weight excluding hydrogens is 457 g/mol. The third-order valence-corrected chi connectivity index (χ3v) is 5.82. The van der Waals surface area contributed by atoms with E-state index >= 15 is 0 Å². The van der Waals surface area contributed by atoms with E-state index in [4.69, 9.17) is 4.74 Å². The summed E-state index contributed by atoms with van der Waals surface area (Å²) in [6.07, 6.45) is -5.18. The van der Waals surface area contributed by atoms with Gasteiger partial charge in [-0.05, 0) is 40.5 Å². The first-order valence-electron chi connectivity index (χ1n) is 10.9. The van der Waals surface area contributed by atoms with Gasteiger partial charge in [-0.3, -0.25) is 14.9 Å². The summed E-state index contributed by atoms with van der Waals surface area (Å²) in [7, 11) is 3.28. The third kappa shape index (κ3) is 5.06. The molecule has 0 bridgehead atoms. The first-order valence-corrected chi connectivity index (χ1v) is 10.9. The van der Waals surface area contributed by atoms with E-state index in [2.05, 4.69) is 5.32 Å². The highest BCUT2D eigenvalue weighted by Gasteiger charge is 2.34. The largest absolute Gasteiger partial charge is 0.497 e. The zero-order valence-corrected chi connectivity index (χ0v) is 19.1. The third-order valence-electron chi connectivity index (χ3n) is 5.82. The second-order valence-corrected chi connectivity index (χ2v) is 8.18. The molecule has 0 radical (unpaired) electrons. The number of nitrogens with zero attached hydrogens (tertiary/aromatic N) is 1. The van der Waals surface area contributed by atoms with Crippen molar-refractivity contribution >= 4 is 17.4 Å². The Labute approximate surface area is 200 Å². The van der Waals surface area contributed by atoms with Crippen molar-refractivity contribution in [3.63, 3.8) is 0 Å². The quantitative estimate of drug-likeness (QED) is 0.570. The topological polar surface area (TPSA) is 58.6 Å². The maximum absolute atomic E-state index is 13.4. The lowest BCUT2D eigenvalue weighted by Crippen LogP contribution is -2.39. The monoisotopic (exact) mass is 480 g/mol. The van der Waals surface area contributed by atoms with E-state index < -0.39 is 30.0 Å². The molecule has 0 atom stereocenters. The van der Waals surface area contributed by atoms with Crippen LogP contribution in [0.25, 0.3) is 5.57 Å². The Morgan fingerprint density at radius 1 is 1.00 bits per heavy atom. The van der Waals surface area contributed by atoms with Crippen LogP contribution in [-0.4, -0.2) is 30.9 Å². The minimum absolute atomic E-state index is 0.199. The van der Waals surface area contributed by atoms with Gasteiger partial charge in [-0.1, -0.05) is 54.6 Å². The van der Waals surface area contributed by atoms with E-state index in [0.29, 0.717) is 17.9 Å². The molecule has 1 aliphatic heterocycles. The number of hydrogen-bond acceptors (Lipinski definition) is 4. The summed E-state index contributed by atoms with van der Waals surface area (Å²) < 4.78 is 45.3. The smallest absolute Gasteiger partial charge is 0.416 e. The Hall–Kier alpha value is -4.07. The van der Waals surface area contributed by atoms with Gasteiger partial charge in [-0.15, -0.1) is 0 Å². The number of rotatable bonds is 5. The van der Waals surface area contributed by atoms with Crippen molar-refractivity contribution in [3.8, 4) is 5.75 Å². The van der Waals surface area contributed by atoms with Gasteiger partial charge < -0.3 is 9.64 Å². The summed E-state index contributed by atoms with van der Waals surface area (Å²) in [5, 5.41) is 2.29. The number of carbonyl (C=O) groups excluding carboxylic acids is 2. The van der Waals surface area contributed by atoms with Crippen molar-refractivity contribution in [2.45, 2.75) is 19.1 Å². The summed E-state index contributed by atoms with van der Waals surface area (Å²) >= 11 is 0. The van der Waals surface area contributed by atoms with E-state index in [1.165, 1.54) is 18.2 Å². The van der Waals surface area contributed by atoms with Crippen LogP contribution in [0.15, 0.2) is 78.5 Å². The number of benzene rings is 3. The number of methoxy groups -OCH3 is 1. The molecular formula is C27H23F3N2O3. The Morgan fingerprint density at radius 3 is 2.37 bits per heavy atom. The number of carbonyl (C=O) groups is 2. The molecule has 3 aromatic carbocycles. The van der Waals surface area contributed by atoms with Crippen LogP contribution < -0.4 is 10.1 Å². The van der Waals surface area contributed by atoms with Gasteiger partial charge in [0.15, 0.2) is 0 Å². The fourth-order valence-electron chi connectivity index (χ4n) is 4.24. The highest BCUT2D eigenvalue weighted by atomic mass is 19.4. The van der Waals surface area contributed by atoms with E-state index in [1.807, 2.05) is 48.5 Å². The summed E-state index contributed by atoms with van der Waals surface area (Å²) in [4.78, 5) is 27.8. The maximum Gasteiger partial charge on any atom is 0.416 e. The second-order valence-electron chi connectivity index (χ2n) is 8.18. The minimum atomic E-state index is -4.60. The Morgan fingerprint density at radius 2 is 1.69 bits per heavy atom. The van der Waals surface area contributed by atoms with Crippen LogP contribution >= 0.6 is 0 Å². The van der Waals surface area contributed by atoms with Crippen molar-refractivity contribution in [1.29, 1.82) is 0 Å². The van der Waals surface area contributed by atoms with Gasteiger partial charge in [0, 0.05) is 19.2 Å². The zero-order chi connectivity index (χ0) is 25.2. The molecule has 0 saturated heterocycles. The lowest BCUT2D eigenvalue weighted by atomic mass is 9.88. The van der Waals surface area contributed by atoms with Gasteiger partial charge in [-0.2, -0.15) is 13.2 Å². The van der Waals surface area contributed by atoms with Crippen LogP contribution in [0.5, 0.6) is 5.75 Å². The highest BCUT2D eigenvalue weighted by Crippen LogP contribution is 2.38. The first kappa shape index (κ1) is 24.1. The number of likely N-dealkylation sites (N-methyl/N-ethyl adjacent to an activating group) is 1. The Bertz CT molecular complexity index is 1300. The molecule has 35 heavy (non-hydrogen) atoms. The molecule has 0 unspecified atom stereocenters. The standard InChI is InChI=1S/C27H23F3N2O3/c1-32-16-19-12-13-20(35-2)15-21(19)24(17-8-4-3-5-9-17)25(32)26(34)31-23(33)14-18-10-6-7-11-22(18)27(28,29)30/h3-13,15H,14,16H2,1-2H3,(H,31,33,34). The minimum Gasteiger partial charge on any atom is -0.497 e. The van der Waals surface area contributed by atoms with E-state index in [1.54, 1.807) is 19.1 Å². The predicted molar refractivity (Wildman–Crippen MR) is 125 cm³/mol. The van der Waals surface area contributed by atoms with Crippen molar-refractivity contribution in [2.75, 3.05) is 14.2 Å². The number of halogens is 3. The van der Waals surface area contributed by atoms with Crippen molar-refractivity contribution in [3.05, 3.63) is 106 Å². The average molecular weight is 480 g/mol. The van der Waals surface area contributed by atoms with Gasteiger partial charge in [0.25, 0.3) is 5.91 Å². The van der Waals surface area contributed by atoms with Gasteiger partial charge in [0.2, 0.25) is 5.91 Å². The molecule has 5 nitrogen and oxygen atoms in total. The zero-order valence-electron chi connectivity index (χ0n) is 19.1. The van der Waals surface area contributed by atoms with Gasteiger partial charge >= 0.3 is 6.18 Å². The number of imide groups is 1. The van der Waals surface area contributed by atoms with Crippen LogP contribution in [0, 0.1) is 0 Å². The number of ether oxygens (including phenoxy) is 1. The molecule has 2 amide bonds. The van der Waals surface area contributed by atoms with E-state index in [-0.39, 0.29) is 11.3 Å². The molecule has 0 spiro atoms. The lowest BCUT2D eigenvalue weighted by Gasteiger charge is -2.32. The highest BCUT2D eigenvalue weighted by molar-refractivity contribution is 6.11. The lowest BCUT2D eigenvalue weighted by molar-refractivity contribution is -0.138. The second kappa shape index (κ2) is 9.66. The van der Waals surface area contributed by atoms with E-state index in [9.17, 15) is 22.8 Å². The number of nitrogens with one attached hydrogen (secondary N) is 1. The Kier molecular flexibility index (Phi) is 6.64. The first-order chi connectivity index (χ1) is 16.7. The van der Waals surface area contributed by atoms with Crippen LogP contribution in [0.3, 0.4) is 0 Å². The summed E-state index contributed by atoms with van der Waals surface area (Å²) in [5.74, 6) is -0.896. The molecule has 180 valence electrons. The van der Waals surface area contributed by atoms with Gasteiger partial charge in [0.1, 0.15) is 11.4 Å². The molecule has 4 rings (SSSR count). The van der Waals surface area contributed by atoms with E-state index in [0.717, 1.165) is 22.8 Å². The molecule has 1 N–H and O–H groups in total. The number of hydrogen-bond donors (Lipinski definition) is 1. The number of amides is 2. The van der Waals surface area contributed by atoms with Crippen LogP contribution in [0.1, 0.15) is 27.8 Å². The maximum atomic E-state index is 13.4. The summed E-state index contributed by atoms with van der Waals surface area (Å²) in [6.45, 7) is 0.406. The van der Waals surface area contributed by atoms with Crippen molar-refractivity contribution < 1.29 is 27.5 Å². The molecule has 1 heterocycles. The molecule has 0 aromatic heterocycles. The molecule has 3 aromatic rings. The number of fused-ring (bicyclic) bond motifs is 1. The van der Waals surface area contributed by atoms with Crippen LogP contribution in [-0.2, 0) is 28.7 Å². The molecule has 1 aliphatic rings. The average Bonchev–Trinajstić information content (AvgIpc) is 2.83. The van der Waals surface area contributed by atoms with Gasteiger partial charge in [-0.25, -0.2) is 0 Å². The summed E-state index contributed by atoms with van der Waals surface area (Å²) in [5.41, 5.74) is 2.26. The molecule has 8 heteroatoms. The normalized spacial score (nSPS) is 13.3. The van der Waals surface area contributed by atoms with Crippen molar-refractivity contribution in [1.82, 2.24) is 10.2 Å². The van der Waals surface area contributed by atoms with Crippen molar-refractivity contribution in [2.24, 2.45) is 0 Å². The Balaban J connectivity index is 1.71. The molecule has 0 saturated carbocycles. The fourth-order valence-corrected chi connectivity index (χ4v) is 4.24. The van der Waals surface area contributed by atoms with Gasteiger partial charge in [0.05, 0.1) is 19.1 Å².